The second kappa shape index (κ2) is 7.28. The average molecular weight is 376 g/mol. The van der Waals surface area contributed by atoms with E-state index in [0.717, 1.165) is 33.9 Å². The molecule has 0 spiro atoms. The van der Waals surface area contributed by atoms with Crippen LogP contribution in [0.4, 0.5) is 22.7 Å². The summed E-state index contributed by atoms with van der Waals surface area (Å²) in [6.45, 7) is 0.481. The standard InChI is InChI=1S/C26H20N2O/c29-26-19-27(26)24-16-21(20-10-4-1-5-11-20)17-25(18-24)28(22-12-6-2-7-13-22)23-14-8-3-9-15-23/h1-18H,19H2. The van der Waals surface area contributed by atoms with Crippen LogP contribution in [0.15, 0.2) is 109 Å². The van der Waals surface area contributed by atoms with E-state index in [1.165, 1.54) is 0 Å². The van der Waals surface area contributed by atoms with E-state index >= 15 is 0 Å². The molecule has 3 nitrogen and oxygen atoms in total. The van der Waals surface area contributed by atoms with E-state index < -0.39 is 0 Å². The zero-order valence-corrected chi connectivity index (χ0v) is 15.9. The highest BCUT2D eigenvalue weighted by atomic mass is 16.2. The minimum atomic E-state index is 0.159. The summed E-state index contributed by atoms with van der Waals surface area (Å²) in [6, 6.07) is 37.3. The van der Waals surface area contributed by atoms with Crippen LogP contribution in [0.25, 0.3) is 11.1 Å². The molecule has 3 heteroatoms. The third-order valence-electron chi connectivity index (χ3n) is 5.10. The monoisotopic (exact) mass is 376 g/mol. The van der Waals surface area contributed by atoms with Crippen molar-refractivity contribution in [1.82, 2.24) is 0 Å². The minimum absolute atomic E-state index is 0.159. The summed E-state index contributed by atoms with van der Waals surface area (Å²) in [5.41, 5.74) is 6.33. The van der Waals surface area contributed by atoms with Gasteiger partial charge in [0.05, 0.1) is 0 Å². The number of hydrogen-bond donors (Lipinski definition) is 0. The summed E-state index contributed by atoms with van der Waals surface area (Å²) in [7, 11) is 0. The summed E-state index contributed by atoms with van der Waals surface area (Å²) in [4.78, 5) is 15.9. The van der Waals surface area contributed by atoms with Crippen molar-refractivity contribution in [2.75, 3.05) is 16.3 Å². The number of carbonyl (C=O) groups is 1. The molecule has 1 aliphatic heterocycles. The maximum atomic E-state index is 11.9. The summed E-state index contributed by atoms with van der Waals surface area (Å²) in [5.74, 6) is 0.159. The predicted molar refractivity (Wildman–Crippen MR) is 119 cm³/mol. The Labute approximate surface area is 170 Å². The fraction of sp³-hybridized carbons (Fsp3) is 0.0385. The zero-order valence-electron chi connectivity index (χ0n) is 15.9. The molecule has 140 valence electrons. The first-order valence-electron chi connectivity index (χ1n) is 9.71. The second-order valence-electron chi connectivity index (χ2n) is 7.09. The molecule has 0 aromatic heterocycles. The van der Waals surface area contributed by atoms with Gasteiger partial charge in [0.15, 0.2) is 0 Å². The number of anilines is 4. The number of carbonyl (C=O) groups excluding carboxylic acids is 1. The van der Waals surface area contributed by atoms with Gasteiger partial charge >= 0.3 is 0 Å². The fourth-order valence-electron chi connectivity index (χ4n) is 3.61. The van der Waals surface area contributed by atoms with E-state index in [2.05, 4.69) is 59.5 Å². The van der Waals surface area contributed by atoms with Crippen LogP contribution in [-0.2, 0) is 4.79 Å². The Morgan fingerprint density at radius 3 is 1.62 bits per heavy atom. The summed E-state index contributed by atoms with van der Waals surface area (Å²) in [5, 5.41) is 0. The van der Waals surface area contributed by atoms with Gasteiger partial charge in [-0.1, -0.05) is 66.7 Å². The molecule has 0 saturated carbocycles. The van der Waals surface area contributed by atoms with Crippen LogP contribution in [0.2, 0.25) is 0 Å². The highest BCUT2D eigenvalue weighted by Gasteiger charge is 2.32. The normalized spacial score (nSPS) is 12.7. The van der Waals surface area contributed by atoms with Crippen LogP contribution in [0, 0.1) is 0 Å². The van der Waals surface area contributed by atoms with Crippen molar-refractivity contribution in [3.8, 4) is 11.1 Å². The molecule has 4 aromatic rings. The van der Waals surface area contributed by atoms with E-state index in [0.29, 0.717) is 6.54 Å². The lowest BCUT2D eigenvalue weighted by Gasteiger charge is -2.26. The van der Waals surface area contributed by atoms with Gasteiger partial charge in [0.1, 0.15) is 6.54 Å². The molecule has 4 aromatic carbocycles. The first-order chi connectivity index (χ1) is 14.3. The number of rotatable bonds is 5. The van der Waals surface area contributed by atoms with Crippen molar-refractivity contribution in [2.24, 2.45) is 0 Å². The van der Waals surface area contributed by atoms with Crippen LogP contribution >= 0.6 is 0 Å². The molecule has 0 unspecified atom stereocenters. The topological polar surface area (TPSA) is 23.3 Å². The molecule has 1 amide bonds. The Morgan fingerprint density at radius 2 is 1.10 bits per heavy atom. The lowest BCUT2D eigenvalue weighted by molar-refractivity contribution is -0.109. The molecule has 0 atom stereocenters. The van der Waals surface area contributed by atoms with Gasteiger partial charge in [0.25, 0.3) is 0 Å². The lowest BCUT2D eigenvalue weighted by Crippen LogP contribution is -2.10. The molecule has 0 radical (unpaired) electrons. The van der Waals surface area contributed by atoms with Gasteiger partial charge < -0.3 is 9.80 Å². The molecule has 1 fully saturated rings. The van der Waals surface area contributed by atoms with E-state index in [9.17, 15) is 4.79 Å². The Bertz CT molecular complexity index is 1100. The highest BCUT2D eigenvalue weighted by molar-refractivity contribution is 6.12. The van der Waals surface area contributed by atoms with Gasteiger partial charge in [0, 0.05) is 22.7 Å². The molecule has 5 rings (SSSR count). The van der Waals surface area contributed by atoms with Gasteiger partial charge in [-0.25, -0.2) is 0 Å². The number of para-hydroxylation sites is 2. The van der Waals surface area contributed by atoms with Crippen LogP contribution in [0.1, 0.15) is 0 Å². The first-order valence-corrected chi connectivity index (χ1v) is 9.71. The Hall–Kier alpha value is -3.85. The van der Waals surface area contributed by atoms with Crippen molar-refractivity contribution in [3.05, 3.63) is 109 Å². The van der Waals surface area contributed by atoms with Crippen molar-refractivity contribution in [2.45, 2.75) is 0 Å². The van der Waals surface area contributed by atoms with Gasteiger partial charge in [-0.2, -0.15) is 0 Å². The van der Waals surface area contributed by atoms with E-state index in [4.69, 9.17) is 0 Å². The molecular formula is C26H20N2O. The average Bonchev–Trinajstić information content (AvgIpc) is 3.53. The summed E-state index contributed by atoms with van der Waals surface area (Å²) < 4.78 is 0. The number of hydrogen-bond acceptors (Lipinski definition) is 2. The molecule has 1 aliphatic rings. The van der Waals surface area contributed by atoms with Gasteiger partial charge in [-0.05, 0) is 53.6 Å². The SMILES string of the molecule is O=C1CN1c1cc(-c2ccccc2)cc(N(c2ccccc2)c2ccccc2)c1. The lowest BCUT2D eigenvalue weighted by atomic mass is 10.0. The van der Waals surface area contributed by atoms with Crippen LogP contribution in [-0.4, -0.2) is 12.5 Å². The molecule has 1 heterocycles. The molecular weight excluding hydrogens is 356 g/mol. The van der Waals surface area contributed by atoms with E-state index in [-0.39, 0.29) is 5.91 Å². The molecule has 0 aliphatic carbocycles. The van der Waals surface area contributed by atoms with E-state index in [1.54, 1.807) is 0 Å². The van der Waals surface area contributed by atoms with E-state index in [1.807, 2.05) is 59.5 Å². The Balaban J connectivity index is 1.70. The van der Waals surface area contributed by atoms with Crippen LogP contribution in [0.5, 0.6) is 0 Å². The number of nitrogens with zero attached hydrogens (tertiary/aromatic N) is 2. The molecule has 1 saturated heterocycles. The number of amides is 1. The third-order valence-corrected chi connectivity index (χ3v) is 5.10. The molecule has 29 heavy (non-hydrogen) atoms. The van der Waals surface area contributed by atoms with Gasteiger partial charge in [0.2, 0.25) is 5.91 Å². The van der Waals surface area contributed by atoms with Crippen molar-refractivity contribution < 1.29 is 4.79 Å². The van der Waals surface area contributed by atoms with Crippen LogP contribution in [0.3, 0.4) is 0 Å². The molecule has 0 bridgehead atoms. The predicted octanol–water partition coefficient (Wildman–Crippen LogP) is 6.17. The first kappa shape index (κ1) is 17.3. The van der Waals surface area contributed by atoms with Gasteiger partial charge in [-0.15, -0.1) is 0 Å². The maximum Gasteiger partial charge on any atom is 0.247 e. The van der Waals surface area contributed by atoms with Gasteiger partial charge in [-0.3, -0.25) is 4.79 Å². The Morgan fingerprint density at radius 1 is 0.586 bits per heavy atom. The van der Waals surface area contributed by atoms with Crippen molar-refractivity contribution in [1.29, 1.82) is 0 Å². The zero-order chi connectivity index (χ0) is 19.6. The fourth-order valence-corrected chi connectivity index (χ4v) is 3.61. The maximum absolute atomic E-state index is 11.9. The number of benzene rings is 4. The quantitative estimate of drug-likeness (QED) is 0.389. The smallest absolute Gasteiger partial charge is 0.247 e. The summed E-state index contributed by atoms with van der Waals surface area (Å²) in [6.07, 6.45) is 0. The minimum Gasteiger partial charge on any atom is -0.310 e. The second-order valence-corrected chi connectivity index (χ2v) is 7.09. The highest BCUT2D eigenvalue weighted by Crippen LogP contribution is 2.40. The van der Waals surface area contributed by atoms with Crippen molar-refractivity contribution in [3.63, 3.8) is 0 Å². The third kappa shape index (κ3) is 3.50. The largest absolute Gasteiger partial charge is 0.310 e. The van der Waals surface area contributed by atoms with Crippen LogP contribution < -0.4 is 9.80 Å². The van der Waals surface area contributed by atoms with Crippen molar-refractivity contribution >= 4 is 28.7 Å². The Kier molecular flexibility index (Phi) is 4.34. The molecule has 0 N–H and O–H groups in total. The summed E-state index contributed by atoms with van der Waals surface area (Å²) >= 11 is 0.